The number of rotatable bonds is 4. The average Bonchev–Trinajstić information content (AvgIpc) is 3.33. The van der Waals surface area contributed by atoms with Crippen LogP contribution in [0, 0.1) is 0 Å². The highest BCUT2D eigenvalue weighted by Crippen LogP contribution is 2.45. The van der Waals surface area contributed by atoms with Crippen molar-refractivity contribution < 1.29 is 4.74 Å². The molecule has 1 aliphatic carbocycles. The van der Waals surface area contributed by atoms with Gasteiger partial charge in [0, 0.05) is 17.9 Å². The monoisotopic (exact) mass is 416 g/mol. The van der Waals surface area contributed by atoms with Gasteiger partial charge in [-0.25, -0.2) is 4.68 Å². The second-order valence-electron chi connectivity index (χ2n) is 7.71. The minimum Gasteiger partial charge on any atom is -0.497 e. The molecule has 0 saturated carbocycles. The molecule has 0 fully saturated rings. The van der Waals surface area contributed by atoms with Crippen molar-refractivity contribution in [1.82, 2.24) is 9.36 Å². The van der Waals surface area contributed by atoms with Crippen molar-refractivity contribution >= 4 is 22.7 Å². The van der Waals surface area contributed by atoms with E-state index in [4.69, 9.17) is 4.74 Å². The summed E-state index contributed by atoms with van der Waals surface area (Å²) in [6, 6.07) is 20.4. The number of para-hydroxylation sites is 1. The fourth-order valence-electron chi connectivity index (χ4n) is 4.83. The molecule has 4 aromatic rings. The molecule has 0 N–H and O–H groups in total. The van der Waals surface area contributed by atoms with Crippen LogP contribution in [0.2, 0.25) is 0 Å². The van der Waals surface area contributed by atoms with Crippen LogP contribution in [0.25, 0.3) is 16.6 Å². The first-order valence-corrected chi connectivity index (χ1v) is 11.4. The smallest absolute Gasteiger partial charge is 0.279 e. The van der Waals surface area contributed by atoms with E-state index in [0.29, 0.717) is 5.92 Å². The minimum absolute atomic E-state index is 0.0676. The lowest BCUT2D eigenvalue weighted by atomic mass is 9.92. The van der Waals surface area contributed by atoms with Gasteiger partial charge in [-0.15, -0.1) is 11.8 Å². The minimum atomic E-state index is 0.0676. The second kappa shape index (κ2) is 7.40. The highest BCUT2D eigenvalue weighted by molar-refractivity contribution is 7.98. The zero-order chi connectivity index (χ0) is 20.8. The number of fused-ring (bicyclic) bond motifs is 3. The molecule has 1 unspecified atom stereocenters. The van der Waals surface area contributed by atoms with Gasteiger partial charge in [-0.1, -0.05) is 30.3 Å². The summed E-state index contributed by atoms with van der Waals surface area (Å²) in [6.45, 7) is 0. The van der Waals surface area contributed by atoms with Crippen LogP contribution >= 0.6 is 11.8 Å². The van der Waals surface area contributed by atoms with Gasteiger partial charge in [0.25, 0.3) is 5.56 Å². The Balaban J connectivity index is 1.75. The molecule has 1 aliphatic rings. The molecule has 1 atom stereocenters. The molecule has 0 radical (unpaired) electrons. The van der Waals surface area contributed by atoms with Crippen LogP contribution in [0.3, 0.4) is 0 Å². The number of nitrogens with zero attached hydrogens (tertiary/aromatic N) is 2. The summed E-state index contributed by atoms with van der Waals surface area (Å²) < 4.78 is 9.11. The van der Waals surface area contributed by atoms with Gasteiger partial charge in [0.15, 0.2) is 0 Å². The summed E-state index contributed by atoms with van der Waals surface area (Å²) in [4.78, 5) is 14.8. The fraction of sp³-hybridized carbons (Fsp3) is 0.240. The van der Waals surface area contributed by atoms with E-state index in [1.54, 1.807) is 23.6 Å². The number of thioether (sulfide) groups is 1. The molecule has 152 valence electrons. The van der Waals surface area contributed by atoms with E-state index in [2.05, 4.69) is 24.5 Å². The van der Waals surface area contributed by atoms with Gasteiger partial charge in [0.1, 0.15) is 5.75 Å². The Morgan fingerprint density at radius 3 is 2.47 bits per heavy atom. The zero-order valence-electron chi connectivity index (χ0n) is 17.4. The van der Waals surface area contributed by atoms with E-state index in [9.17, 15) is 4.79 Å². The summed E-state index contributed by atoms with van der Waals surface area (Å²) in [5, 5.41) is 0.866. The lowest BCUT2D eigenvalue weighted by Crippen LogP contribution is -2.19. The number of methoxy groups -OCH3 is 1. The first-order chi connectivity index (χ1) is 14.6. The van der Waals surface area contributed by atoms with E-state index in [1.807, 2.05) is 54.2 Å². The molecule has 0 spiro atoms. The lowest BCUT2D eigenvalue weighted by Gasteiger charge is -2.16. The van der Waals surface area contributed by atoms with Crippen molar-refractivity contribution in [2.75, 3.05) is 13.4 Å². The number of ether oxygens (including phenoxy) is 1. The molecule has 30 heavy (non-hydrogen) atoms. The van der Waals surface area contributed by atoms with Crippen molar-refractivity contribution in [3.63, 3.8) is 0 Å². The number of hydrogen-bond donors (Lipinski definition) is 0. The Morgan fingerprint density at radius 1 is 1.07 bits per heavy atom. The van der Waals surface area contributed by atoms with Gasteiger partial charge in [0.2, 0.25) is 0 Å². The van der Waals surface area contributed by atoms with Crippen LogP contribution in [0.15, 0.2) is 70.4 Å². The van der Waals surface area contributed by atoms with E-state index in [0.717, 1.165) is 35.2 Å². The molecule has 3 aromatic carbocycles. The van der Waals surface area contributed by atoms with Gasteiger partial charge in [0.05, 0.1) is 23.7 Å². The SMILES string of the molecule is COc1ccc(C2CCc3c2c(SC)cc2c3c(=O)n(-c3ccccc3)n2C)cc1. The normalized spacial score (nSPS) is 15.5. The first kappa shape index (κ1) is 19.1. The highest BCUT2D eigenvalue weighted by Gasteiger charge is 2.31. The van der Waals surface area contributed by atoms with E-state index < -0.39 is 0 Å². The van der Waals surface area contributed by atoms with Crippen molar-refractivity contribution in [1.29, 1.82) is 0 Å². The quantitative estimate of drug-likeness (QED) is 0.432. The maximum Gasteiger partial charge on any atom is 0.279 e. The molecule has 0 bridgehead atoms. The summed E-state index contributed by atoms with van der Waals surface area (Å²) in [6.07, 6.45) is 4.07. The standard InChI is InChI=1S/C25H24N2O2S/c1-26-21-15-22(30-3)23-19(16-9-11-18(29-2)12-10-16)13-14-20(23)24(21)25(28)27(26)17-7-5-4-6-8-17/h4-12,15,19H,13-14H2,1-3H3. The van der Waals surface area contributed by atoms with Crippen LogP contribution in [-0.4, -0.2) is 22.7 Å². The highest BCUT2D eigenvalue weighted by atomic mass is 32.2. The predicted molar refractivity (Wildman–Crippen MR) is 123 cm³/mol. The van der Waals surface area contributed by atoms with Crippen LogP contribution in [-0.2, 0) is 13.5 Å². The molecule has 5 heteroatoms. The number of aryl methyl sites for hydroxylation is 2. The third kappa shape index (κ3) is 2.80. The predicted octanol–water partition coefficient (Wildman–Crippen LogP) is 5.14. The Labute approximate surface area is 180 Å². The van der Waals surface area contributed by atoms with Gasteiger partial charge in [-0.05, 0) is 66.1 Å². The second-order valence-corrected chi connectivity index (χ2v) is 8.55. The Bertz CT molecular complexity index is 1290. The fourth-order valence-corrected chi connectivity index (χ4v) is 5.54. The molecule has 1 aromatic heterocycles. The molecular weight excluding hydrogens is 392 g/mol. The van der Waals surface area contributed by atoms with E-state index >= 15 is 0 Å². The topological polar surface area (TPSA) is 36.2 Å². The molecule has 5 rings (SSSR count). The van der Waals surface area contributed by atoms with Crippen molar-refractivity contribution in [2.45, 2.75) is 23.7 Å². The third-order valence-electron chi connectivity index (χ3n) is 6.24. The number of hydrogen-bond acceptors (Lipinski definition) is 3. The molecule has 0 amide bonds. The summed E-state index contributed by atoms with van der Waals surface area (Å²) in [5.74, 6) is 1.17. The molecule has 1 heterocycles. The Hall–Kier alpha value is -2.92. The van der Waals surface area contributed by atoms with E-state index in [-0.39, 0.29) is 5.56 Å². The van der Waals surface area contributed by atoms with Crippen LogP contribution in [0.1, 0.15) is 29.0 Å². The first-order valence-electron chi connectivity index (χ1n) is 10.1. The maximum atomic E-state index is 13.6. The largest absolute Gasteiger partial charge is 0.497 e. The summed E-state index contributed by atoms with van der Waals surface area (Å²) >= 11 is 1.77. The van der Waals surface area contributed by atoms with Crippen LogP contribution in [0.4, 0.5) is 0 Å². The van der Waals surface area contributed by atoms with Crippen molar-refractivity contribution in [2.24, 2.45) is 7.05 Å². The lowest BCUT2D eigenvalue weighted by molar-refractivity contribution is 0.414. The zero-order valence-corrected chi connectivity index (χ0v) is 18.2. The molecule has 4 nitrogen and oxygen atoms in total. The number of benzene rings is 3. The van der Waals surface area contributed by atoms with Crippen LogP contribution in [0.5, 0.6) is 5.75 Å². The molecule has 0 saturated heterocycles. The van der Waals surface area contributed by atoms with Gasteiger partial charge in [-0.3, -0.25) is 9.48 Å². The van der Waals surface area contributed by atoms with Crippen molar-refractivity contribution in [3.05, 3.63) is 87.7 Å². The Morgan fingerprint density at radius 2 is 1.80 bits per heavy atom. The Kier molecular flexibility index (Phi) is 4.70. The van der Waals surface area contributed by atoms with Gasteiger partial charge < -0.3 is 4.74 Å². The van der Waals surface area contributed by atoms with Gasteiger partial charge >= 0.3 is 0 Å². The summed E-state index contributed by atoms with van der Waals surface area (Å²) in [5.41, 5.74) is 5.78. The average molecular weight is 417 g/mol. The molecular formula is C25H24N2O2S. The summed E-state index contributed by atoms with van der Waals surface area (Å²) in [7, 11) is 3.67. The van der Waals surface area contributed by atoms with Crippen LogP contribution < -0.4 is 10.3 Å². The van der Waals surface area contributed by atoms with Gasteiger partial charge in [-0.2, -0.15) is 0 Å². The number of aromatic nitrogens is 2. The van der Waals surface area contributed by atoms with Crippen molar-refractivity contribution in [3.8, 4) is 11.4 Å². The molecule has 0 aliphatic heterocycles. The maximum absolute atomic E-state index is 13.6. The third-order valence-corrected chi connectivity index (χ3v) is 7.02. The van der Waals surface area contributed by atoms with E-state index in [1.165, 1.54) is 21.6 Å².